The summed E-state index contributed by atoms with van der Waals surface area (Å²) in [6.45, 7) is -0.355. The van der Waals surface area contributed by atoms with Gasteiger partial charge in [-0.05, 0) is 30.3 Å². The number of halogens is 2. The van der Waals surface area contributed by atoms with E-state index in [0.717, 1.165) is 10.6 Å². The first-order valence-electron chi connectivity index (χ1n) is 6.73. The summed E-state index contributed by atoms with van der Waals surface area (Å²) in [5, 5.41) is 2.45. The fraction of sp³-hybridized carbons (Fsp3) is 0.0625. The fourth-order valence-corrected chi connectivity index (χ4v) is 2.15. The van der Waals surface area contributed by atoms with Crippen LogP contribution in [0.5, 0.6) is 0 Å². The van der Waals surface area contributed by atoms with Crippen molar-refractivity contribution in [3.8, 4) is 0 Å². The molecule has 0 unspecified atom stereocenters. The van der Waals surface area contributed by atoms with Gasteiger partial charge in [0.15, 0.2) is 0 Å². The van der Waals surface area contributed by atoms with Crippen molar-refractivity contribution in [3.05, 3.63) is 70.8 Å². The summed E-state index contributed by atoms with van der Waals surface area (Å²) in [6, 6.07) is 9.34. The van der Waals surface area contributed by atoms with E-state index in [9.17, 15) is 18.4 Å². The number of amides is 1. The molecule has 0 fully saturated rings. The standard InChI is InChI=1S/C16H11F2N3O2/c17-10-5-6-13-11(7-10)16(23)21(9-19-13)8-15(22)20-14-4-2-1-3-12(14)18/h1-7,9H,8H2,(H,20,22). The molecule has 3 aromatic rings. The molecule has 3 rings (SSSR count). The molecule has 0 radical (unpaired) electrons. The molecule has 0 spiro atoms. The first-order valence-corrected chi connectivity index (χ1v) is 6.73. The van der Waals surface area contributed by atoms with Crippen molar-refractivity contribution in [2.45, 2.75) is 6.54 Å². The summed E-state index contributed by atoms with van der Waals surface area (Å²) >= 11 is 0. The molecule has 1 heterocycles. The molecule has 0 bridgehead atoms. The molecule has 5 nitrogen and oxygen atoms in total. The van der Waals surface area contributed by atoms with E-state index in [-0.39, 0.29) is 17.6 Å². The number of carbonyl (C=O) groups excluding carboxylic acids is 1. The van der Waals surface area contributed by atoms with Crippen LogP contribution < -0.4 is 10.9 Å². The SMILES string of the molecule is O=C(Cn1cnc2ccc(F)cc2c1=O)Nc1ccccc1F. The minimum absolute atomic E-state index is 0.0188. The Morgan fingerprint density at radius 1 is 1.17 bits per heavy atom. The lowest BCUT2D eigenvalue weighted by atomic mass is 10.2. The summed E-state index contributed by atoms with van der Waals surface area (Å²) in [6.07, 6.45) is 1.20. The monoisotopic (exact) mass is 315 g/mol. The number of benzene rings is 2. The largest absolute Gasteiger partial charge is 0.322 e. The molecule has 0 saturated heterocycles. The highest BCUT2D eigenvalue weighted by Crippen LogP contribution is 2.12. The minimum atomic E-state index is -0.588. The summed E-state index contributed by atoms with van der Waals surface area (Å²) < 4.78 is 27.8. The topological polar surface area (TPSA) is 64.0 Å². The third kappa shape index (κ3) is 3.08. The Morgan fingerprint density at radius 3 is 2.74 bits per heavy atom. The number of rotatable bonds is 3. The van der Waals surface area contributed by atoms with E-state index in [1.807, 2.05) is 0 Å². The van der Waals surface area contributed by atoms with Crippen molar-refractivity contribution in [1.82, 2.24) is 9.55 Å². The van der Waals surface area contributed by atoms with Crippen molar-refractivity contribution >= 4 is 22.5 Å². The summed E-state index contributed by atoms with van der Waals surface area (Å²) in [4.78, 5) is 28.2. The van der Waals surface area contributed by atoms with E-state index < -0.39 is 23.1 Å². The lowest BCUT2D eigenvalue weighted by Gasteiger charge is -2.08. The van der Waals surface area contributed by atoms with Gasteiger partial charge in [-0.3, -0.25) is 14.2 Å². The number of fused-ring (bicyclic) bond motifs is 1. The van der Waals surface area contributed by atoms with E-state index in [0.29, 0.717) is 5.52 Å². The zero-order chi connectivity index (χ0) is 16.4. The van der Waals surface area contributed by atoms with Crippen LogP contribution >= 0.6 is 0 Å². The van der Waals surface area contributed by atoms with Crippen LogP contribution in [0.4, 0.5) is 14.5 Å². The first-order chi connectivity index (χ1) is 11.0. The highest BCUT2D eigenvalue weighted by Gasteiger charge is 2.10. The lowest BCUT2D eigenvalue weighted by Crippen LogP contribution is -2.28. The molecule has 23 heavy (non-hydrogen) atoms. The van der Waals surface area contributed by atoms with E-state index in [4.69, 9.17) is 0 Å². The highest BCUT2D eigenvalue weighted by molar-refractivity contribution is 5.90. The Hall–Kier alpha value is -3.09. The van der Waals surface area contributed by atoms with Gasteiger partial charge in [0.05, 0.1) is 22.9 Å². The quantitative estimate of drug-likeness (QED) is 0.807. The molecule has 1 N–H and O–H groups in total. The van der Waals surface area contributed by atoms with Crippen molar-refractivity contribution in [2.75, 3.05) is 5.32 Å². The number of anilines is 1. The molecule has 7 heteroatoms. The van der Waals surface area contributed by atoms with Gasteiger partial charge in [0.1, 0.15) is 18.2 Å². The van der Waals surface area contributed by atoms with Gasteiger partial charge >= 0.3 is 0 Å². The summed E-state index contributed by atoms with van der Waals surface area (Å²) in [5.41, 5.74) is -0.189. The Bertz CT molecular complexity index is 953. The molecule has 0 aliphatic heterocycles. The number of aromatic nitrogens is 2. The normalized spacial score (nSPS) is 10.7. The Labute approximate surface area is 129 Å². The zero-order valence-electron chi connectivity index (χ0n) is 11.8. The van der Waals surface area contributed by atoms with E-state index in [1.165, 1.54) is 36.7 Å². The van der Waals surface area contributed by atoms with Crippen LogP contribution in [-0.2, 0) is 11.3 Å². The molecule has 0 aliphatic rings. The second-order valence-corrected chi connectivity index (χ2v) is 4.87. The lowest BCUT2D eigenvalue weighted by molar-refractivity contribution is -0.116. The molecule has 116 valence electrons. The molecule has 0 saturated carbocycles. The van der Waals surface area contributed by atoms with Crippen LogP contribution in [-0.4, -0.2) is 15.5 Å². The van der Waals surface area contributed by atoms with E-state index >= 15 is 0 Å². The Kier molecular flexibility index (Phi) is 3.84. The van der Waals surface area contributed by atoms with Gasteiger partial charge in [-0.25, -0.2) is 13.8 Å². The van der Waals surface area contributed by atoms with Crippen LogP contribution in [0.15, 0.2) is 53.6 Å². The molecule has 1 aromatic heterocycles. The molecular formula is C16H11F2N3O2. The van der Waals surface area contributed by atoms with Gasteiger partial charge in [0, 0.05) is 0 Å². The van der Waals surface area contributed by atoms with Crippen LogP contribution in [0.2, 0.25) is 0 Å². The third-order valence-corrected chi connectivity index (χ3v) is 3.25. The highest BCUT2D eigenvalue weighted by atomic mass is 19.1. The summed E-state index contributed by atoms with van der Waals surface area (Å²) in [7, 11) is 0. The molecule has 0 aliphatic carbocycles. The van der Waals surface area contributed by atoms with Crippen LogP contribution in [0.3, 0.4) is 0 Å². The van der Waals surface area contributed by atoms with Gasteiger partial charge < -0.3 is 5.32 Å². The smallest absolute Gasteiger partial charge is 0.261 e. The fourth-order valence-electron chi connectivity index (χ4n) is 2.15. The zero-order valence-corrected chi connectivity index (χ0v) is 11.8. The molecule has 2 aromatic carbocycles. The maximum absolute atomic E-state index is 13.5. The third-order valence-electron chi connectivity index (χ3n) is 3.25. The first kappa shape index (κ1) is 14.8. The average molecular weight is 315 g/mol. The molecule has 0 atom stereocenters. The van der Waals surface area contributed by atoms with Crippen molar-refractivity contribution in [1.29, 1.82) is 0 Å². The van der Waals surface area contributed by atoms with Crippen LogP contribution in [0, 0.1) is 11.6 Å². The Morgan fingerprint density at radius 2 is 1.96 bits per heavy atom. The number of nitrogens with zero attached hydrogens (tertiary/aromatic N) is 2. The van der Waals surface area contributed by atoms with Crippen molar-refractivity contribution in [2.24, 2.45) is 0 Å². The maximum Gasteiger partial charge on any atom is 0.261 e. The maximum atomic E-state index is 13.5. The number of nitrogens with one attached hydrogen (secondary N) is 1. The van der Waals surface area contributed by atoms with E-state index in [1.54, 1.807) is 6.07 Å². The average Bonchev–Trinajstić information content (AvgIpc) is 2.53. The summed E-state index contributed by atoms with van der Waals surface area (Å²) in [5.74, 6) is -1.73. The van der Waals surface area contributed by atoms with E-state index in [2.05, 4.69) is 10.3 Å². The second-order valence-electron chi connectivity index (χ2n) is 4.87. The minimum Gasteiger partial charge on any atom is -0.322 e. The molecular weight excluding hydrogens is 304 g/mol. The number of carbonyl (C=O) groups is 1. The van der Waals surface area contributed by atoms with Gasteiger partial charge in [-0.2, -0.15) is 0 Å². The van der Waals surface area contributed by atoms with Gasteiger partial charge in [0.25, 0.3) is 5.56 Å². The number of hydrogen-bond donors (Lipinski definition) is 1. The van der Waals surface area contributed by atoms with Crippen molar-refractivity contribution in [3.63, 3.8) is 0 Å². The number of hydrogen-bond acceptors (Lipinski definition) is 3. The van der Waals surface area contributed by atoms with Gasteiger partial charge in [-0.1, -0.05) is 12.1 Å². The predicted octanol–water partition coefficient (Wildman–Crippen LogP) is 2.31. The van der Waals surface area contributed by atoms with Crippen molar-refractivity contribution < 1.29 is 13.6 Å². The van der Waals surface area contributed by atoms with Crippen LogP contribution in [0.25, 0.3) is 10.9 Å². The Balaban J connectivity index is 1.87. The van der Waals surface area contributed by atoms with Gasteiger partial charge in [-0.15, -0.1) is 0 Å². The van der Waals surface area contributed by atoms with Gasteiger partial charge in [0.2, 0.25) is 5.91 Å². The molecule has 1 amide bonds. The van der Waals surface area contributed by atoms with Crippen LogP contribution in [0.1, 0.15) is 0 Å². The predicted molar refractivity (Wildman–Crippen MR) is 81.0 cm³/mol. The number of para-hydroxylation sites is 1. The second kappa shape index (κ2) is 5.96.